The van der Waals surface area contributed by atoms with Crippen molar-refractivity contribution in [2.45, 2.75) is 19.8 Å². The second kappa shape index (κ2) is 8.11. The zero-order valence-electron chi connectivity index (χ0n) is 14.5. The lowest BCUT2D eigenvalue weighted by Gasteiger charge is -2.02. The monoisotopic (exact) mass is 348 g/mol. The largest absolute Gasteiger partial charge is 0.361 e. The van der Waals surface area contributed by atoms with Crippen LogP contribution >= 0.6 is 0 Å². The van der Waals surface area contributed by atoms with Gasteiger partial charge in [-0.25, -0.2) is 5.43 Å². The van der Waals surface area contributed by atoms with Gasteiger partial charge in [0.2, 0.25) is 11.8 Å². The van der Waals surface area contributed by atoms with Crippen molar-refractivity contribution < 1.29 is 9.59 Å². The van der Waals surface area contributed by atoms with Crippen molar-refractivity contribution in [3.05, 3.63) is 65.9 Å². The summed E-state index contributed by atoms with van der Waals surface area (Å²) < 4.78 is 0. The number of carbonyl (C=O) groups is 2. The number of hydrogen-bond donors (Lipinski definition) is 3. The minimum Gasteiger partial charge on any atom is -0.361 e. The lowest BCUT2D eigenvalue weighted by molar-refractivity contribution is -0.121. The third kappa shape index (κ3) is 4.57. The molecule has 3 aromatic rings. The average molecular weight is 348 g/mol. The van der Waals surface area contributed by atoms with Gasteiger partial charge in [0.25, 0.3) is 0 Å². The first kappa shape index (κ1) is 17.4. The van der Waals surface area contributed by atoms with Gasteiger partial charge in [-0.2, -0.15) is 5.10 Å². The summed E-state index contributed by atoms with van der Waals surface area (Å²) in [5.41, 5.74) is 6.28. The predicted octanol–water partition coefficient (Wildman–Crippen LogP) is 3.21. The molecular weight excluding hydrogens is 328 g/mol. The molecule has 6 heteroatoms. The number of anilines is 1. The fraction of sp³-hybridized carbons (Fsp3) is 0.150. The second-order valence-corrected chi connectivity index (χ2v) is 5.96. The Bertz CT molecular complexity index is 942. The van der Waals surface area contributed by atoms with E-state index in [1.807, 2.05) is 42.6 Å². The number of benzene rings is 2. The molecule has 0 bridgehead atoms. The van der Waals surface area contributed by atoms with E-state index in [2.05, 4.69) is 20.8 Å². The third-order valence-corrected chi connectivity index (χ3v) is 3.93. The molecular formula is C20H20N4O2. The minimum absolute atomic E-state index is 0.117. The number of fused-ring (bicyclic) bond motifs is 1. The SMILES string of the molecule is CC(=O)Nc1ccc(/C=N\NC(=O)CCc2c[nH]c3ccccc23)cc1. The molecule has 0 spiro atoms. The molecule has 132 valence electrons. The first-order chi connectivity index (χ1) is 12.6. The van der Waals surface area contributed by atoms with Crippen LogP contribution in [0.2, 0.25) is 0 Å². The number of aryl methyl sites for hydroxylation is 1. The predicted molar refractivity (Wildman–Crippen MR) is 103 cm³/mol. The van der Waals surface area contributed by atoms with E-state index >= 15 is 0 Å². The van der Waals surface area contributed by atoms with E-state index in [0.717, 1.165) is 27.7 Å². The first-order valence-corrected chi connectivity index (χ1v) is 8.36. The van der Waals surface area contributed by atoms with E-state index in [0.29, 0.717) is 12.8 Å². The number of H-pyrrole nitrogens is 1. The quantitative estimate of drug-likeness (QED) is 0.472. The fourth-order valence-electron chi connectivity index (χ4n) is 2.68. The highest BCUT2D eigenvalue weighted by atomic mass is 16.2. The lowest BCUT2D eigenvalue weighted by Crippen LogP contribution is -2.17. The van der Waals surface area contributed by atoms with Crippen molar-refractivity contribution in [1.82, 2.24) is 10.4 Å². The van der Waals surface area contributed by atoms with Crippen molar-refractivity contribution >= 4 is 34.6 Å². The smallest absolute Gasteiger partial charge is 0.240 e. The number of carbonyl (C=O) groups excluding carboxylic acids is 2. The molecule has 0 saturated heterocycles. The lowest BCUT2D eigenvalue weighted by atomic mass is 10.1. The van der Waals surface area contributed by atoms with Crippen LogP contribution in [-0.2, 0) is 16.0 Å². The number of aromatic amines is 1. The Hall–Kier alpha value is -3.41. The molecule has 6 nitrogen and oxygen atoms in total. The highest BCUT2D eigenvalue weighted by molar-refractivity contribution is 5.89. The van der Waals surface area contributed by atoms with E-state index < -0.39 is 0 Å². The molecule has 0 aliphatic carbocycles. The Balaban J connectivity index is 1.49. The van der Waals surface area contributed by atoms with Crippen LogP contribution in [0.5, 0.6) is 0 Å². The van der Waals surface area contributed by atoms with Gasteiger partial charge in [0.15, 0.2) is 0 Å². The summed E-state index contributed by atoms with van der Waals surface area (Å²) in [5, 5.41) is 7.81. The zero-order chi connectivity index (χ0) is 18.4. The summed E-state index contributed by atoms with van der Waals surface area (Å²) in [6.07, 6.45) is 4.52. The highest BCUT2D eigenvalue weighted by Gasteiger charge is 2.06. The number of para-hydroxylation sites is 1. The van der Waals surface area contributed by atoms with Crippen molar-refractivity contribution in [3.63, 3.8) is 0 Å². The summed E-state index contributed by atoms with van der Waals surface area (Å²) >= 11 is 0. The van der Waals surface area contributed by atoms with Crippen molar-refractivity contribution in [1.29, 1.82) is 0 Å². The van der Waals surface area contributed by atoms with Gasteiger partial charge in [-0.05, 0) is 35.7 Å². The van der Waals surface area contributed by atoms with Gasteiger partial charge in [0, 0.05) is 36.1 Å². The molecule has 2 aromatic carbocycles. The Kier molecular flexibility index (Phi) is 5.43. The maximum Gasteiger partial charge on any atom is 0.240 e. The fourth-order valence-corrected chi connectivity index (χ4v) is 2.68. The van der Waals surface area contributed by atoms with Gasteiger partial charge in [-0.3, -0.25) is 9.59 Å². The van der Waals surface area contributed by atoms with Crippen LogP contribution < -0.4 is 10.7 Å². The van der Waals surface area contributed by atoms with E-state index in [4.69, 9.17) is 0 Å². The molecule has 0 atom stereocenters. The van der Waals surface area contributed by atoms with Gasteiger partial charge in [0.1, 0.15) is 0 Å². The molecule has 3 rings (SSSR count). The molecule has 0 saturated carbocycles. The van der Waals surface area contributed by atoms with Crippen LogP contribution in [-0.4, -0.2) is 23.0 Å². The molecule has 26 heavy (non-hydrogen) atoms. The van der Waals surface area contributed by atoms with E-state index in [1.54, 1.807) is 18.3 Å². The van der Waals surface area contributed by atoms with Gasteiger partial charge in [0.05, 0.1) is 6.21 Å². The molecule has 0 radical (unpaired) electrons. The van der Waals surface area contributed by atoms with Gasteiger partial charge >= 0.3 is 0 Å². The van der Waals surface area contributed by atoms with Crippen LogP contribution in [0.1, 0.15) is 24.5 Å². The van der Waals surface area contributed by atoms with Crippen molar-refractivity contribution in [2.75, 3.05) is 5.32 Å². The summed E-state index contributed by atoms with van der Waals surface area (Å²) in [5.74, 6) is -0.254. The number of hydrazone groups is 1. The highest BCUT2D eigenvalue weighted by Crippen LogP contribution is 2.18. The minimum atomic E-state index is -0.138. The summed E-state index contributed by atoms with van der Waals surface area (Å²) in [7, 11) is 0. The zero-order valence-corrected chi connectivity index (χ0v) is 14.5. The topological polar surface area (TPSA) is 86.3 Å². The molecule has 0 fully saturated rings. The normalized spacial score (nSPS) is 11.0. The molecule has 0 aliphatic rings. The van der Waals surface area contributed by atoms with Crippen molar-refractivity contribution in [3.8, 4) is 0 Å². The van der Waals surface area contributed by atoms with Crippen LogP contribution in [0.15, 0.2) is 59.8 Å². The maximum absolute atomic E-state index is 12.0. The molecule has 1 heterocycles. The number of hydrogen-bond acceptors (Lipinski definition) is 3. The van der Waals surface area contributed by atoms with Gasteiger partial charge in [-0.1, -0.05) is 30.3 Å². The van der Waals surface area contributed by atoms with Crippen LogP contribution in [0.4, 0.5) is 5.69 Å². The Morgan fingerprint density at radius 2 is 1.88 bits per heavy atom. The third-order valence-electron chi connectivity index (χ3n) is 3.93. The summed E-state index contributed by atoms with van der Waals surface area (Å²) in [4.78, 5) is 26.1. The number of aromatic nitrogens is 1. The first-order valence-electron chi connectivity index (χ1n) is 8.36. The van der Waals surface area contributed by atoms with Gasteiger partial charge < -0.3 is 10.3 Å². The van der Waals surface area contributed by atoms with Crippen molar-refractivity contribution in [2.24, 2.45) is 5.10 Å². The van der Waals surface area contributed by atoms with E-state index in [-0.39, 0.29) is 11.8 Å². The van der Waals surface area contributed by atoms with E-state index in [1.165, 1.54) is 6.92 Å². The molecule has 3 N–H and O–H groups in total. The second-order valence-electron chi connectivity index (χ2n) is 5.96. The molecule has 1 aromatic heterocycles. The maximum atomic E-state index is 12.0. The molecule has 0 aliphatic heterocycles. The van der Waals surface area contributed by atoms with Gasteiger partial charge in [-0.15, -0.1) is 0 Å². The summed E-state index contributed by atoms with van der Waals surface area (Å²) in [6.45, 7) is 1.46. The average Bonchev–Trinajstić information content (AvgIpc) is 3.04. The van der Waals surface area contributed by atoms with Crippen LogP contribution in [0.25, 0.3) is 10.9 Å². The number of amides is 2. The molecule has 2 amide bonds. The standard InChI is InChI=1S/C20H20N4O2/c1-14(25)23-17-9-6-15(7-10-17)12-22-24-20(26)11-8-16-13-21-19-5-3-2-4-18(16)19/h2-7,9-10,12-13,21H,8,11H2,1H3,(H,23,25)(H,24,26)/b22-12-. The Labute approximate surface area is 151 Å². The number of nitrogens with zero attached hydrogens (tertiary/aromatic N) is 1. The summed E-state index contributed by atoms with van der Waals surface area (Å²) in [6, 6.07) is 15.2. The molecule has 0 unspecified atom stereocenters. The Morgan fingerprint density at radius 1 is 1.12 bits per heavy atom. The van der Waals surface area contributed by atoms with Crippen LogP contribution in [0, 0.1) is 0 Å². The number of rotatable bonds is 6. The van der Waals surface area contributed by atoms with E-state index in [9.17, 15) is 9.59 Å². The van der Waals surface area contributed by atoms with Crippen LogP contribution in [0.3, 0.4) is 0 Å². The Morgan fingerprint density at radius 3 is 2.65 bits per heavy atom. The number of nitrogens with one attached hydrogen (secondary N) is 3.